The Labute approximate surface area is 102 Å². The molecule has 0 aliphatic carbocycles. The third-order valence-corrected chi connectivity index (χ3v) is 1.85. The topological polar surface area (TPSA) is 54.4 Å². The molecule has 0 bridgehead atoms. The Bertz CT molecular complexity index is 178. The van der Waals surface area contributed by atoms with Crippen LogP contribution < -0.4 is 0 Å². The summed E-state index contributed by atoms with van der Waals surface area (Å²) in [5.41, 5.74) is -0.354. The largest absolute Gasteiger partial charge is 2.00 e. The minimum Gasteiger partial charge on any atom is -0.286 e. The first-order chi connectivity index (χ1) is 3.71. The molecule has 0 heterocycles. The van der Waals surface area contributed by atoms with E-state index in [2.05, 4.69) is 0 Å². The second-order valence-electron chi connectivity index (χ2n) is 3.29. The average molecular weight is 290 g/mol. The molecule has 0 aromatic heterocycles. The molecular formula is C5H12BaO3S+2. The molecule has 0 fully saturated rings. The molecule has 5 heteroatoms. The molecule has 0 saturated heterocycles. The van der Waals surface area contributed by atoms with Crippen molar-refractivity contribution < 1.29 is 13.0 Å². The predicted molar refractivity (Wildman–Crippen MR) is 41.6 cm³/mol. The molecule has 1 N–H and O–H groups in total. The quantitative estimate of drug-likeness (QED) is 0.566. The molecule has 0 aliphatic heterocycles. The van der Waals surface area contributed by atoms with Crippen molar-refractivity contribution in [3.05, 3.63) is 0 Å². The van der Waals surface area contributed by atoms with Gasteiger partial charge in [-0.3, -0.25) is 4.55 Å². The Morgan fingerprint density at radius 3 is 1.60 bits per heavy atom. The molecule has 10 heavy (non-hydrogen) atoms. The summed E-state index contributed by atoms with van der Waals surface area (Å²) in [6.07, 6.45) is 0. The molecule has 0 radical (unpaired) electrons. The molecule has 0 amide bonds. The van der Waals surface area contributed by atoms with E-state index in [-0.39, 0.29) is 60.0 Å². The smallest absolute Gasteiger partial charge is 0.286 e. The molecule has 0 aliphatic rings. The summed E-state index contributed by atoms with van der Waals surface area (Å²) in [6.45, 7) is 5.25. The summed E-state index contributed by atoms with van der Waals surface area (Å²) in [7, 11) is -3.78. The summed E-state index contributed by atoms with van der Waals surface area (Å²) in [6, 6.07) is 0. The summed E-state index contributed by atoms with van der Waals surface area (Å²) in [5, 5.41) is 0. The van der Waals surface area contributed by atoms with Gasteiger partial charge in [0.2, 0.25) is 0 Å². The van der Waals surface area contributed by atoms with Crippen LogP contribution in [0, 0.1) is 5.41 Å². The van der Waals surface area contributed by atoms with E-state index in [1.807, 2.05) is 0 Å². The molecule has 0 saturated carbocycles. The Kier molecular flexibility index (Phi) is 6.30. The van der Waals surface area contributed by atoms with Crippen LogP contribution in [0.25, 0.3) is 0 Å². The molecule has 0 rings (SSSR count). The van der Waals surface area contributed by atoms with Crippen LogP contribution in [-0.2, 0) is 10.1 Å². The van der Waals surface area contributed by atoms with E-state index in [1.165, 1.54) is 0 Å². The van der Waals surface area contributed by atoms with Gasteiger partial charge in [-0.1, -0.05) is 20.8 Å². The van der Waals surface area contributed by atoms with Crippen molar-refractivity contribution in [1.29, 1.82) is 0 Å². The first kappa shape index (κ1) is 14.0. The first-order valence-corrected chi connectivity index (χ1v) is 4.27. The van der Waals surface area contributed by atoms with Crippen molar-refractivity contribution in [3.8, 4) is 0 Å². The maximum atomic E-state index is 10.2. The van der Waals surface area contributed by atoms with E-state index in [1.54, 1.807) is 20.8 Å². The van der Waals surface area contributed by atoms with Crippen LogP contribution >= 0.6 is 0 Å². The SMILES string of the molecule is CC(C)(C)CS(=O)(=O)O.[Ba+2]. The van der Waals surface area contributed by atoms with Gasteiger partial charge in [0.25, 0.3) is 10.1 Å². The van der Waals surface area contributed by atoms with Crippen molar-refractivity contribution in [2.75, 3.05) is 5.75 Å². The normalized spacial score (nSPS) is 12.4. The predicted octanol–water partition coefficient (Wildman–Crippen LogP) is 0.540. The zero-order valence-electron chi connectivity index (χ0n) is 6.59. The van der Waals surface area contributed by atoms with Gasteiger partial charge < -0.3 is 0 Å². The van der Waals surface area contributed by atoms with Crippen molar-refractivity contribution >= 4 is 59.0 Å². The zero-order valence-corrected chi connectivity index (χ0v) is 11.8. The standard InChI is InChI=1S/C5H12O3S.Ba/c1-5(2,3)4-9(6,7)8;/h4H2,1-3H3,(H,6,7,8);/q;+2. The maximum absolute atomic E-state index is 10.2. The van der Waals surface area contributed by atoms with Gasteiger partial charge in [0.05, 0.1) is 5.75 Å². The fourth-order valence-electron chi connectivity index (χ4n) is 0.547. The number of hydrogen-bond acceptors (Lipinski definition) is 2. The van der Waals surface area contributed by atoms with Crippen molar-refractivity contribution in [3.63, 3.8) is 0 Å². The minimum atomic E-state index is -3.78. The number of hydrogen-bond donors (Lipinski definition) is 1. The molecule has 0 aromatic carbocycles. The van der Waals surface area contributed by atoms with Gasteiger partial charge in [-0.25, -0.2) is 0 Å². The van der Waals surface area contributed by atoms with Gasteiger partial charge in [-0.2, -0.15) is 8.42 Å². The fraction of sp³-hybridized carbons (Fsp3) is 1.00. The van der Waals surface area contributed by atoms with E-state index < -0.39 is 10.1 Å². The second-order valence-corrected chi connectivity index (χ2v) is 4.74. The van der Waals surface area contributed by atoms with E-state index in [4.69, 9.17) is 4.55 Å². The maximum Gasteiger partial charge on any atom is 2.00 e. The van der Waals surface area contributed by atoms with Crippen LogP contribution in [-0.4, -0.2) is 67.6 Å². The molecule has 0 unspecified atom stereocenters. The van der Waals surface area contributed by atoms with Crippen molar-refractivity contribution in [2.24, 2.45) is 5.41 Å². The van der Waals surface area contributed by atoms with Crippen molar-refractivity contribution in [2.45, 2.75) is 20.8 Å². The summed E-state index contributed by atoms with van der Waals surface area (Å²) in [5.74, 6) is -0.181. The Hall–Kier alpha value is 1.48. The minimum absolute atomic E-state index is 0. The number of rotatable bonds is 1. The van der Waals surface area contributed by atoms with Gasteiger partial charge in [0.1, 0.15) is 0 Å². The summed E-state index contributed by atoms with van der Waals surface area (Å²) >= 11 is 0. The van der Waals surface area contributed by atoms with Gasteiger partial charge in [0, 0.05) is 0 Å². The summed E-state index contributed by atoms with van der Waals surface area (Å²) in [4.78, 5) is 0. The van der Waals surface area contributed by atoms with E-state index in [9.17, 15) is 8.42 Å². The molecule has 0 aromatic rings. The van der Waals surface area contributed by atoms with E-state index in [0.29, 0.717) is 0 Å². The zero-order chi connectivity index (χ0) is 7.71. The fourth-order valence-corrected chi connectivity index (χ4v) is 1.64. The Morgan fingerprint density at radius 1 is 1.30 bits per heavy atom. The monoisotopic (exact) mass is 290 g/mol. The molecule has 3 nitrogen and oxygen atoms in total. The molecule has 0 atom stereocenters. The van der Waals surface area contributed by atoms with Crippen LogP contribution in [0.4, 0.5) is 0 Å². The molecule has 0 spiro atoms. The third-order valence-electron chi connectivity index (χ3n) is 0.615. The average Bonchev–Trinajstić information content (AvgIpc) is 1.14. The van der Waals surface area contributed by atoms with Crippen LogP contribution in [0.2, 0.25) is 0 Å². The van der Waals surface area contributed by atoms with Crippen LogP contribution in [0.3, 0.4) is 0 Å². The van der Waals surface area contributed by atoms with E-state index >= 15 is 0 Å². The Balaban J connectivity index is 0. The van der Waals surface area contributed by atoms with Gasteiger partial charge in [0.15, 0.2) is 0 Å². The first-order valence-electron chi connectivity index (χ1n) is 2.66. The molecule has 56 valence electrons. The van der Waals surface area contributed by atoms with Crippen molar-refractivity contribution in [1.82, 2.24) is 0 Å². The van der Waals surface area contributed by atoms with Gasteiger partial charge in [-0.05, 0) is 5.41 Å². The van der Waals surface area contributed by atoms with Crippen LogP contribution in [0.15, 0.2) is 0 Å². The van der Waals surface area contributed by atoms with Gasteiger partial charge in [-0.15, -0.1) is 0 Å². The Morgan fingerprint density at radius 2 is 1.60 bits per heavy atom. The second kappa shape index (κ2) is 4.49. The molecular weight excluding hydrogens is 277 g/mol. The van der Waals surface area contributed by atoms with Crippen LogP contribution in [0.1, 0.15) is 20.8 Å². The van der Waals surface area contributed by atoms with Gasteiger partial charge >= 0.3 is 48.9 Å². The van der Waals surface area contributed by atoms with E-state index in [0.717, 1.165) is 0 Å². The van der Waals surface area contributed by atoms with Crippen LogP contribution in [0.5, 0.6) is 0 Å². The summed E-state index contributed by atoms with van der Waals surface area (Å²) < 4.78 is 28.7. The third kappa shape index (κ3) is 12.2.